The Morgan fingerprint density at radius 3 is 1.37 bits per heavy atom. The quantitative estimate of drug-likeness (QED) is 0.264. The third-order valence-corrected chi connectivity index (χ3v) is 4.59. The van der Waals surface area contributed by atoms with Crippen molar-refractivity contribution >= 4 is 17.6 Å². The molecule has 0 radical (unpaired) electrons. The number of benzene rings is 1. The van der Waals surface area contributed by atoms with Gasteiger partial charge >= 0.3 is 59.5 Å². The van der Waals surface area contributed by atoms with E-state index in [2.05, 4.69) is 4.74 Å². The Bertz CT molecular complexity index is 1060. The third-order valence-electron chi connectivity index (χ3n) is 4.59. The summed E-state index contributed by atoms with van der Waals surface area (Å²) >= 11 is 0. The highest BCUT2D eigenvalue weighted by Crippen LogP contribution is 2.64. The van der Waals surface area contributed by atoms with Crippen LogP contribution in [0.3, 0.4) is 0 Å². The first-order chi connectivity index (χ1) is 16.6. The number of methoxy groups -OCH3 is 1. The average Bonchev–Trinajstić information content (AvgIpc) is 2.77. The van der Waals surface area contributed by atoms with Crippen LogP contribution in [0.2, 0.25) is 0 Å². The summed E-state index contributed by atoms with van der Waals surface area (Å²) in [5.41, 5.74) is -2.24. The van der Waals surface area contributed by atoms with Crippen molar-refractivity contribution in [2.45, 2.75) is 47.6 Å². The van der Waals surface area contributed by atoms with Crippen LogP contribution < -0.4 is 5.32 Å². The molecule has 0 bridgehead atoms. The second-order valence-electron chi connectivity index (χ2n) is 7.01. The number of halogens is 17. The molecule has 0 saturated heterocycles. The predicted molar refractivity (Wildman–Crippen MR) is 87.1 cm³/mol. The van der Waals surface area contributed by atoms with Gasteiger partial charge in [-0.2, -0.15) is 74.6 Å². The molecule has 1 N–H and O–H groups in total. The van der Waals surface area contributed by atoms with Gasteiger partial charge in [0.15, 0.2) is 0 Å². The first-order valence-electron chi connectivity index (χ1n) is 8.81. The highest BCUT2D eigenvalue weighted by molar-refractivity contribution is 6.03. The van der Waals surface area contributed by atoms with Crippen LogP contribution in [-0.4, -0.2) is 66.6 Å². The minimum absolute atomic E-state index is 0.430. The Hall–Kier alpha value is -3.03. The van der Waals surface area contributed by atoms with E-state index in [9.17, 15) is 84.2 Å². The molecule has 4 nitrogen and oxygen atoms in total. The Morgan fingerprint density at radius 2 is 0.974 bits per heavy atom. The number of nitrogens with one attached hydrogen (secondary N) is 1. The van der Waals surface area contributed by atoms with E-state index in [0.717, 1.165) is 12.1 Å². The molecule has 0 aliphatic heterocycles. The minimum Gasteiger partial charge on any atom is -0.465 e. The number of carbonyl (C=O) groups is 2. The summed E-state index contributed by atoms with van der Waals surface area (Å²) < 4.78 is 230. The molecule has 38 heavy (non-hydrogen) atoms. The molecule has 0 spiro atoms. The topological polar surface area (TPSA) is 55.4 Å². The summed E-state index contributed by atoms with van der Waals surface area (Å²) in [6, 6.07) is 2.75. The molecular weight excluding hydrogens is 589 g/mol. The summed E-state index contributed by atoms with van der Waals surface area (Å²) in [7, 11) is 0.643. The molecule has 1 rings (SSSR count). The van der Waals surface area contributed by atoms with Gasteiger partial charge in [-0.25, -0.2) is 4.79 Å². The first kappa shape index (κ1) is 33.0. The van der Waals surface area contributed by atoms with Crippen molar-refractivity contribution in [1.29, 1.82) is 0 Å². The van der Waals surface area contributed by atoms with Gasteiger partial charge in [0.05, 0.1) is 18.4 Å². The molecule has 0 aliphatic carbocycles. The van der Waals surface area contributed by atoms with Gasteiger partial charge in [0.25, 0.3) is 0 Å². The largest absolute Gasteiger partial charge is 0.465 e. The predicted octanol–water partition coefficient (Wildman–Crippen LogP) is 6.42. The van der Waals surface area contributed by atoms with Gasteiger partial charge in [-0.05, 0) is 12.1 Å². The zero-order chi connectivity index (χ0) is 30.6. The van der Waals surface area contributed by atoms with Gasteiger partial charge < -0.3 is 10.1 Å². The van der Waals surface area contributed by atoms with E-state index < -0.39 is 70.8 Å². The summed E-state index contributed by atoms with van der Waals surface area (Å²) in [5, 5.41) is 0.656. The van der Waals surface area contributed by atoms with Crippen molar-refractivity contribution in [2.24, 2.45) is 0 Å². The van der Waals surface area contributed by atoms with Gasteiger partial charge in [0.2, 0.25) is 0 Å². The van der Waals surface area contributed by atoms with E-state index in [1.54, 1.807) is 0 Å². The summed E-state index contributed by atoms with van der Waals surface area (Å²) in [5.74, 6) is -64.0. The molecule has 0 heterocycles. The fraction of sp³-hybridized carbons (Fsp3) is 0.529. The van der Waals surface area contributed by atoms with Crippen molar-refractivity contribution < 1.29 is 89.0 Å². The van der Waals surface area contributed by atoms with Crippen LogP contribution in [0, 0.1) is 0 Å². The van der Waals surface area contributed by atoms with Gasteiger partial charge in [-0.3, -0.25) is 4.79 Å². The molecule has 0 aliphatic rings. The highest BCUT2D eigenvalue weighted by atomic mass is 19.4. The second kappa shape index (κ2) is 9.31. The van der Waals surface area contributed by atoms with Gasteiger partial charge in [0.1, 0.15) is 0 Å². The minimum atomic E-state index is -8.81. The molecule has 0 aromatic heterocycles. The molecule has 1 aromatic rings. The number of hydrogen-bond donors (Lipinski definition) is 1. The van der Waals surface area contributed by atoms with E-state index >= 15 is 0 Å². The number of anilines is 1. The van der Waals surface area contributed by atoms with Crippen LogP contribution in [0.5, 0.6) is 0 Å². The number of carbonyl (C=O) groups excluding carboxylic acids is 2. The van der Waals surface area contributed by atoms with E-state index in [4.69, 9.17) is 0 Å². The van der Waals surface area contributed by atoms with Crippen LogP contribution in [0.4, 0.5) is 80.3 Å². The maximum atomic E-state index is 14.0. The molecular formula is C17H8F17NO3. The fourth-order valence-electron chi connectivity index (χ4n) is 2.39. The van der Waals surface area contributed by atoms with Crippen molar-refractivity contribution in [2.75, 3.05) is 12.4 Å². The number of rotatable bonds is 9. The summed E-state index contributed by atoms with van der Waals surface area (Å²) in [6.45, 7) is 0. The maximum Gasteiger partial charge on any atom is 0.460 e. The van der Waals surface area contributed by atoms with Crippen LogP contribution in [0.1, 0.15) is 10.4 Å². The number of para-hydroxylation sites is 1. The fourth-order valence-corrected chi connectivity index (χ4v) is 2.39. The van der Waals surface area contributed by atoms with Crippen LogP contribution in [0.25, 0.3) is 0 Å². The Balaban J connectivity index is 3.62. The zero-order valence-corrected chi connectivity index (χ0v) is 17.5. The third kappa shape index (κ3) is 4.46. The van der Waals surface area contributed by atoms with Gasteiger partial charge in [0, 0.05) is 0 Å². The number of amides is 1. The summed E-state index contributed by atoms with van der Waals surface area (Å²) in [4.78, 5) is 23.1. The maximum absolute atomic E-state index is 14.0. The normalized spacial score (nSPS) is 14.8. The molecule has 0 atom stereocenters. The van der Waals surface area contributed by atoms with Crippen LogP contribution in [0.15, 0.2) is 24.3 Å². The van der Waals surface area contributed by atoms with Crippen molar-refractivity contribution in [3.63, 3.8) is 0 Å². The molecule has 21 heteroatoms. The van der Waals surface area contributed by atoms with E-state index in [1.807, 2.05) is 0 Å². The Morgan fingerprint density at radius 1 is 0.605 bits per heavy atom. The monoisotopic (exact) mass is 597 g/mol. The summed E-state index contributed by atoms with van der Waals surface area (Å²) in [6.07, 6.45) is -7.87. The van der Waals surface area contributed by atoms with Crippen molar-refractivity contribution in [3.05, 3.63) is 29.8 Å². The van der Waals surface area contributed by atoms with E-state index in [0.29, 0.717) is 24.6 Å². The van der Waals surface area contributed by atoms with E-state index in [-0.39, 0.29) is 0 Å². The Kier molecular flexibility index (Phi) is 8.09. The van der Waals surface area contributed by atoms with Crippen LogP contribution in [-0.2, 0) is 9.53 Å². The lowest BCUT2D eigenvalue weighted by Crippen LogP contribution is -2.75. The molecule has 0 fully saturated rings. The van der Waals surface area contributed by atoms with Crippen molar-refractivity contribution in [3.8, 4) is 0 Å². The highest BCUT2D eigenvalue weighted by Gasteiger charge is 2.95. The smallest absolute Gasteiger partial charge is 0.460 e. The number of hydrogen-bond acceptors (Lipinski definition) is 3. The van der Waals surface area contributed by atoms with E-state index in [1.165, 1.54) is 0 Å². The lowest BCUT2D eigenvalue weighted by atomic mass is 9.88. The number of alkyl halides is 17. The van der Waals surface area contributed by atoms with Gasteiger partial charge in [-0.1, -0.05) is 12.1 Å². The average molecular weight is 597 g/mol. The lowest BCUT2D eigenvalue weighted by Gasteiger charge is -2.42. The molecule has 0 unspecified atom stereocenters. The zero-order valence-electron chi connectivity index (χ0n) is 17.5. The molecule has 218 valence electrons. The van der Waals surface area contributed by atoms with Crippen LogP contribution >= 0.6 is 0 Å². The number of esters is 1. The van der Waals surface area contributed by atoms with Crippen molar-refractivity contribution in [1.82, 2.24) is 0 Å². The lowest BCUT2D eigenvalue weighted by molar-refractivity contribution is -0.459. The second-order valence-corrected chi connectivity index (χ2v) is 7.01. The Labute approximate surface area is 197 Å². The first-order valence-corrected chi connectivity index (χ1v) is 8.81. The molecule has 0 saturated carbocycles. The molecule has 1 amide bonds. The molecule has 1 aromatic carbocycles. The SMILES string of the molecule is COC(=O)c1ccccc1NC(=O)C(F)(F)C(F)(F)C(F)(F)C(F)(F)C(F)(F)C(F)(F)C(F)(F)C(F)(F)F. The number of ether oxygens (including phenoxy) is 1. The van der Waals surface area contributed by atoms with Gasteiger partial charge in [-0.15, -0.1) is 0 Å². The standard InChI is InChI=1S/C17H8F17NO3/c1-38-8(36)6-4-2-3-5-7(6)35-9(37)10(18,19)11(20,21)12(22,23)13(24,25)14(26,27)15(28,29)16(30,31)17(32,33)34/h2-5H,1H3,(H,35,37).